The summed E-state index contributed by atoms with van der Waals surface area (Å²) >= 11 is 0. The topological polar surface area (TPSA) is 75.7 Å². The highest BCUT2D eigenvalue weighted by molar-refractivity contribution is 7.92. The van der Waals surface area contributed by atoms with Crippen LogP contribution in [0.2, 0.25) is 0 Å². The van der Waals surface area contributed by atoms with Crippen LogP contribution in [-0.4, -0.2) is 34.2 Å². The van der Waals surface area contributed by atoms with Crippen LogP contribution in [0.1, 0.15) is 24.5 Å². The normalized spacial score (nSPS) is 11.1. The zero-order valence-electron chi connectivity index (χ0n) is 15.9. The highest BCUT2D eigenvalue weighted by Crippen LogP contribution is 2.19. The minimum atomic E-state index is -3.48. The number of rotatable bonds is 9. The van der Waals surface area contributed by atoms with E-state index in [0.29, 0.717) is 18.0 Å². The Balaban J connectivity index is 1.99. The first-order valence-electron chi connectivity index (χ1n) is 8.80. The number of nitrogens with one attached hydrogen (secondary N) is 1. The van der Waals surface area contributed by atoms with Crippen LogP contribution in [-0.2, 0) is 27.8 Å². The van der Waals surface area contributed by atoms with Crippen LogP contribution in [0.5, 0.6) is 5.75 Å². The Morgan fingerprint density at radius 3 is 2.37 bits per heavy atom. The Morgan fingerprint density at radius 1 is 1.11 bits per heavy atom. The molecule has 6 nitrogen and oxygen atoms in total. The summed E-state index contributed by atoms with van der Waals surface area (Å²) in [5, 5.41) is 2.81. The van der Waals surface area contributed by atoms with Crippen LogP contribution in [0.4, 0.5) is 5.69 Å². The molecule has 146 valence electrons. The van der Waals surface area contributed by atoms with E-state index in [2.05, 4.69) is 5.32 Å². The third-order valence-electron chi connectivity index (χ3n) is 4.24. The van der Waals surface area contributed by atoms with Crippen molar-refractivity contribution in [2.45, 2.75) is 26.3 Å². The van der Waals surface area contributed by atoms with Gasteiger partial charge in [0.05, 0.1) is 19.1 Å². The van der Waals surface area contributed by atoms with Crippen LogP contribution in [0.25, 0.3) is 0 Å². The van der Waals surface area contributed by atoms with Crippen LogP contribution < -0.4 is 14.4 Å². The fourth-order valence-electron chi connectivity index (χ4n) is 2.72. The first-order valence-corrected chi connectivity index (χ1v) is 10.6. The Labute approximate surface area is 161 Å². The fourth-order valence-corrected chi connectivity index (χ4v) is 3.65. The number of benzene rings is 2. The monoisotopic (exact) mass is 390 g/mol. The van der Waals surface area contributed by atoms with Crippen molar-refractivity contribution in [2.75, 3.05) is 24.2 Å². The molecule has 1 N–H and O–H groups in total. The van der Waals surface area contributed by atoms with Crippen molar-refractivity contribution in [1.29, 1.82) is 0 Å². The minimum Gasteiger partial charge on any atom is -0.496 e. The van der Waals surface area contributed by atoms with Crippen LogP contribution >= 0.6 is 0 Å². The summed E-state index contributed by atoms with van der Waals surface area (Å²) in [4.78, 5) is 12.2. The Morgan fingerprint density at radius 2 is 1.78 bits per heavy atom. The molecule has 7 heteroatoms. The molecule has 0 atom stereocenters. The summed E-state index contributed by atoms with van der Waals surface area (Å²) < 4.78 is 30.8. The van der Waals surface area contributed by atoms with Crippen LogP contribution in [0.3, 0.4) is 0 Å². The average Bonchev–Trinajstić information content (AvgIpc) is 2.66. The molecule has 0 aliphatic rings. The maximum absolute atomic E-state index is 12.2. The van der Waals surface area contributed by atoms with Gasteiger partial charge in [-0.25, -0.2) is 8.42 Å². The van der Waals surface area contributed by atoms with Gasteiger partial charge in [0.25, 0.3) is 0 Å². The van der Waals surface area contributed by atoms with Crippen molar-refractivity contribution in [3.8, 4) is 5.75 Å². The van der Waals surface area contributed by atoms with E-state index in [1.807, 2.05) is 43.3 Å². The molecule has 27 heavy (non-hydrogen) atoms. The van der Waals surface area contributed by atoms with Gasteiger partial charge >= 0.3 is 0 Å². The molecule has 0 unspecified atom stereocenters. The lowest BCUT2D eigenvalue weighted by atomic mass is 10.1. The molecule has 2 rings (SSSR count). The number of anilines is 1. The summed E-state index contributed by atoms with van der Waals surface area (Å²) in [7, 11) is -1.90. The number of ether oxygens (including phenoxy) is 1. The molecule has 0 radical (unpaired) electrons. The lowest BCUT2D eigenvalue weighted by Crippen LogP contribution is -2.34. The quantitative estimate of drug-likeness (QED) is 0.714. The largest absolute Gasteiger partial charge is 0.496 e. The fraction of sp³-hybridized carbons (Fsp3) is 0.350. The number of nitrogens with zero attached hydrogens (tertiary/aromatic N) is 1. The number of sulfonamides is 1. The first-order chi connectivity index (χ1) is 12.8. The number of amides is 1. The summed E-state index contributed by atoms with van der Waals surface area (Å²) in [6, 6.07) is 14.8. The molecular formula is C20H26N2O4S. The summed E-state index contributed by atoms with van der Waals surface area (Å²) in [5.74, 6) is 0.478. The van der Waals surface area contributed by atoms with Crippen molar-refractivity contribution >= 4 is 21.6 Å². The van der Waals surface area contributed by atoms with Gasteiger partial charge in [0.15, 0.2) is 0 Å². The van der Waals surface area contributed by atoms with Crippen molar-refractivity contribution in [1.82, 2.24) is 5.32 Å². The number of carbonyl (C=O) groups excluding carboxylic acids is 1. The van der Waals surface area contributed by atoms with E-state index >= 15 is 0 Å². The number of para-hydroxylation sites is 1. The molecule has 2 aromatic carbocycles. The van der Waals surface area contributed by atoms with Gasteiger partial charge in [0.1, 0.15) is 5.75 Å². The zero-order valence-corrected chi connectivity index (χ0v) is 16.8. The predicted octanol–water partition coefficient (Wildman–Crippen LogP) is 2.73. The zero-order chi connectivity index (χ0) is 19.9. The second-order valence-corrected chi connectivity index (χ2v) is 8.10. The molecule has 0 spiro atoms. The maximum Gasteiger partial charge on any atom is 0.232 e. The summed E-state index contributed by atoms with van der Waals surface area (Å²) in [6.45, 7) is 2.45. The number of hydrogen-bond acceptors (Lipinski definition) is 4. The molecule has 1 amide bonds. The summed E-state index contributed by atoms with van der Waals surface area (Å²) in [5.41, 5.74) is 2.55. The molecule has 0 aliphatic heterocycles. The molecule has 2 aromatic rings. The number of methoxy groups -OCH3 is 1. The maximum atomic E-state index is 12.2. The van der Waals surface area contributed by atoms with E-state index in [1.54, 1.807) is 19.2 Å². The second-order valence-electron chi connectivity index (χ2n) is 6.19. The van der Waals surface area contributed by atoms with Gasteiger partial charge in [0.2, 0.25) is 15.9 Å². The van der Waals surface area contributed by atoms with Gasteiger partial charge in [-0.1, -0.05) is 37.3 Å². The first kappa shape index (κ1) is 20.8. The minimum absolute atomic E-state index is 0.0672. The number of aryl methyl sites for hydroxylation is 1. The summed E-state index contributed by atoms with van der Waals surface area (Å²) in [6.07, 6.45) is 2.09. The Kier molecular flexibility index (Phi) is 7.24. The third-order valence-corrected chi connectivity index (χ3v) is 5.44. The van der Waals surface area contributed by atoms with Crippen LogP contribution in [0, 0.1) is 0 Å². The average molecular weight is 391 g/mol. The van der Waals surface area contributed by atoms with Gasteiger partial charge in [-0.05, 0) is 30.2 Å². The molecule has 0 saturated carbocycles. The molecule has 0 bridgehead atoms. The van der Waals surface area contributed by atoms with Crippen molar-refractivity contribution in [2.24, 2.45) is 0 Å². The van der Waals surface area contributed by atoms with E-state index in [0.717, 1.165) is 23.8 Å². The smallest absolute Gasteiger partial charge is 0.232 e. The molecule has 0 saturated heterocycles. The van der Waals surface area contributed by atoms with Crippen LogP contribution in [0.15, 0.2) is 48.5 Å². The van der Waals surface area contributed by atoms with E-state index in [4.69, 9.17) is 4.74 Å². The highest BCUT2D eigenvalue weighted by Gasteiger charge is 2.18. The Bertz CT molecular complexity index is 864. The van der Waals surface area contributed by atoms with E-state index < -0.39 is 10.0 Å². The molecule has 0 fully saturated rings. The van der Waals surface area contributed by atoms with Gasteiger partial charge < -0.3 is 10.1 Å². The van der Waals surface area contributed by atoms with Crippen molar-refractivity contribution in [3.63, 3.8) is 0 Å². The highest BCUT2D eigenvalue weighted by atomic mass is 32.2. The standard InChI is InChI=1S/C20H26N2O4S/c1-4-16-9-11-18(12-10-16)22(27(3,24)25)14-13-20(23)21-15-17-7-5-6-8-19(17)26-2/h5-12H,4,13-15H2,1-3H3,(H,21,23). The Hall–Kier alpha value is -2.54. The molecule has 0 aromatic heterocycles. The van der Waals surface area contributed by atoms with Crippen molar-refractivity contribution < 1.29 is 17.9 Å². The van der Waals surface area contributed by atoms with Gasteiger partial charge in [0, 0.05) is 25.1 Å². The SMILES string of the molecule is CCc1ccc(N(CCC(=O)NCc2ccccc2OC)S(C)(=O)=O)cc1. The molecular weight excluding hydrogens is 364 g/mol. The lowest BCUT2D eigenvalue weighted by Gasteiger charge is -2.22. The lowest BCUT2D eigenvalue weighted by molar-refractivity contribution is -0.121. The number of hydrogen-bond donors (Lipinski definition) is 1. The third kappa shape index (κ3) is 5.99. The molecule has 0 aliphatic carbocycles. The van der Waals surface area contributed by atoms with Gasteiger partial charge in [-0.15, -0.1) is 0 Å². The van der Waals surface area contributed by atoms with Gasteiger partial charge in [-0.2, -0.15) is 0 Å². The van der Waals surface area contributed by atoms with E-state index in [-0.39, 0.29) is 18.9 Å². The number of carbonyl (C=O) groups is 1. The van der Waals surface area contributed by atoms with Crippen molar-refractivity contribution in [3.05, 3.63) is 59.7 Å². The molecule has 0 heterocycles. The van der Waals surface area contributed by atoms with Gasteiger partial charge in [-0.3, -0.25) is 9.10 Å². The predicted molar refractivity (Wildman–Crippen MR) is 107 cm³/mol. The second kappa shape index (κ2) is 9.41. The van der Waals surface area contributed by atoms with E-state index in [1.165, 1.54) is 4.31 Å². The van der Waals surface area contributed by atoms with E-state index in [9.17, 15) is 13.2 Å².